The van der Waals surface area contributed by atoms with E-state index in [4.69, 9.17) is 22.1 Å². The summed E-state index contributed by atoms with van der Waals surface area (Å²) in [5.74, 6) is 0.725. The molecule has 0 atom stereocenters. The fraction of sp³-hybridized carbons (Fsp3) is 0.0909. The molecule has 0 aliphatic carbocycles. The second-order valence-electron chi connectivity index (χ2n) is 6.68. The number of carbonyl (C=O) groups excluding carboxylic acids is 1. The van der Waals surface area contributed by atoms with Crippen LogP contribution in [0, 0.1) is 6.92 Å². The van der Waals surface area contributed by atoms with Crippen LogP contribution in [-0.4, -0.2) is 22.1 Å². The molecule has 0 bridgehead atoms. The zero-order valence-electron chi connectivity index (χ0n) is 16.5. The monoisotopic (exact) mass is 451 g/mol. The van der Waals surface area contributed by atoms with E-state index in [1.54, 1.807) is 6.21 Å². The molecule has 0 saturated carbocycles. The second-order valence-corrected chi connectivity index (χ2v) is 8.12. The van der Waals surface area contributed by atoms with Gasteiger partial charge in [-0.2, -0.15) is 5.10 Å². The van der Waals surface area contributed by atoms with Crippen LogP contribution in [0.4, 0.5) is 5.82 Å². The SMILES string of the molecule is Cc1c(C(=O)N/N=C\c2cccc(OCc3ccc(Cl)cc3)c2)sc2ncnc(N)c12. The molecule has 0 aliphatic heterocycles. The van der Waals surface area contributed by atoms with E-state index in [1.807, 2.05) is 55.5 Å². The van der Waals surface area contributed by atoms with Gasteiger partial charge >= 0.3 is 0 Å². The number of nitrogens with zero attached hydrogens (tertiary/aromatic N) is 3. The van der Waals surface area contributed by atoms with Crippen molar-refractivity contribution in [3.05, 3.63) is 81.4 Å². The second kappa shape index (κ2) is 9.11. The Kier molecular flexibility index (Phi) is 6.11. The van der Waals surface area contributed by atoms with Crippen LogP contribution in [0.2, 0.25) is 5.02 Å². The number of nitrogens with one attached hydrogen (secondary N) is 1. The Hall–Kier alpha value is -3.49. The summed E-state index contributed by atoms with van der Waals surface area (Å²) in [5.41, 5.74) is 11.0. The van der Waals surface area contributed by atoms with Gasteiger partial charge in [-0.25, -0.2) is 15.4 Å². The van der Waals surface area contributed by atoms with Crippen molar-refractivity contribution in [2.75, 3.05) is 5.73 Å². The molecule has 9 heteroatoms. The van der Waals surface area contributed by atoms with E-state index in [9.17, 15) is 4.79 Å². The molecule has 2 aromatic carbocycles. The molecule has 0 unspecified atom stereocenters. The van der Waals surface area contributed by atoms with E-state index in [0.717, 1.165) is 16.7 Å². The van der Waals surface area contributed by atoms with Gasteiger partial charge in [-0.1, -0.05) is 35.9 Å². The highest BCUT2D eigenvalue weighted by atomic mass is 35.5. The van der Waals surface area contributed by atoms with Gasteiger partial charge < -0.3 is 10.5 Å². The summed E-state index contributed by atoms with van der Waals surface area (Å²) in [6, 6.07) is 14.9. The van der Waals surface area contributed by atoms with Crippen LogP contribution in [0.1, 0.15) is 26.4 Å². The predicted molar refractivity (Wildman–Crippen MR) is 124 cm³/mol. The largest absolute Gasteiger partial charge is 0.489 e. The molecule has 0 saturated heterocycles. The molecule has 1 amide bonds. The molecule has 0 spiro atoms. The number of hydrogen-bond acceptors (Lipinski definition) is 7. The first-order valence-corrected chi connectivity index (χ1v) is 10.5. The van der Waals surface area contributed by atoms with Crippen LogP contribution in [0.15, 0.2) is 60.0 Å². The summed E-state index contributed by atoms with van der Waals surface area (Å²) < 4.78 is 5.81. The molecule has 2 heterocycles. The number of aromatic nitrogens is 2. The van der Waals surface area contributed by atoms with Crippen LogP contribution in [0.3, 0.4) is 0 Å². The van der Waals surface area contributed by atoms with Crippen molar-refractivity contribution in [2.24, 2.45) is 5.10 Å². The van der Waals surface area contributed by atoms with Crippen LogP contribution in [-0.2, 0) is 6.61 Å². The number of ether oxygens (including phenoxy) is 1. The first-order valence-electron chi connectivity index (χ1n) is 9.31. The molecule has 7 nitrogen and oxygen atoms in total. The smallest absolute Gasteiger partial charge is 0.281 e. The third-order valence-corrected chi connectivity index (χ3v) is 5.97. The Morgan fingerprint density at radius 3 is 2.84 bits per heavy atom. The van der Waals surface area contributed by atoms with E-state index in [-0.39, 0.29) is 5.91 Å². The highest BCUT2D eigenvalue weighted by Gasteiger charge is 2.18. The number of nitrogen functional groups attached to an aromatic ring is 1. The average molecular weight is 452 g/mol. The van der Waals surface area contributed by atoms with Gasteiger partial charge in [-0.05, 0) is 47.9 Å². The lowest BCUT2D eigenvalue weighted by Crippen LogP contribution is -2.17. The molecular formula is C22H18ClN5O2S. The Bertz CT molecular complexity index is 1270. The molecule has 0 aliphatic rings. The van der Waals surface area contributed by atoms with Gasteiger partial charge in [0.2, 0.25) is 0 Å². The molecular weight excluding hydrogens is 434 g/mol. The Balaban J connectivity index is 1.40. The van der Waals surface area contributed by atoms with E-state index < -0.39 is 0 Å². The third kappa shape index (κ3) is 4.82. The van der Waals surface area contributed by atoms with E-state index >= 15 is 0 Å². The summed E-state index contributed by atoms with van der Waals surface area (Å²) in [4.78, 5) is 21.9. The minimum absolute atomic E-state index is 0.328. The molecule has 0 radical (unpaired) electrons. The summed E-state index contributed by atoms with van der Waals surface area (Å²) >= 11 is 7.15. The molecule has 3 N–H and O–H groups in total. The van der Waals surface area contributed by atoms with Crippen LogP contribution in [0.25, 0.3) is 10.2 Å². The predicted octanol–water partition coefficient (Wildman–Crippen LogP) is 4.58. The highest BCUT2D eigenvalue weighted by molar-refractivity contribution is 7.20. The quantitative estimate of drug-likeness (QED) is 0.330. The van der Waals surface area contributed by atoms with Crippen molar-refractivity contribution in [1.29, 1.82) is 0 Å². The first-order chi connectivity index (χ1) is 15.0. The Labute approximate surface area is 187 Å². The van der Waals surface area contributed by atoms with Crippen LogP contribution in [0.5, 0.6) is 5.75 Å². The third-order valence-electron chi connectivity index (χ3n) is 4.52. The zero-order valence-corrected chi connectivity index (χ0v) is 18.1. The standard InChI is InChI=1S/C22H18ClN5O2S/c1-13-18-20(24)25-12-26-22(18)31-19(13)21(29)28-27-10-15-3-2-4-17(9-15)30-11-14-5-7-16(23)8-6-14/h2-10,12H,11H2,1H3,(H,28,29)(H2,24,25,26)/b27-10-. The van der Waals surface area contributed by atoms with E-state index in [1.165, 1.54) is 17.7 Å². The van der Waals surface area contributed by atoms with Gasteiger partial charge in [0.15, 0.2) is 0 Å². The van der Waals surface area contributed by atoms with Gasteiger partial charge in [-0.3, -0.25) is 4.79 Å². The number of benzene rings is 2. The molecule has 156 valence electrons. The van der Waals surface area contributed by atoms with Gasteiger partial charge in [0, 0.05) is 5.02 Å². The van der Waals surface area contributed by atoms with E-state index in [0.29, 0.717) is 38.3 Å². The summed E-state index contributed by atoms with van der Waals surface area (Å²) in [6.07, 6.45) is 2.94. The minimum Gasteiger partial charge on any atom is -0.489 e. The number of hydrogen-bond donors (Lipinski definition) is 2. The van der Waals surface area contributed by atoms with Crippen LogP contribution < -0.4 is 15.9 Å². The first kappa shape index (κ1) is 20.8. The van der Waals surface area contributed by atoms with Crippen molar-refractivity contribution < 1.29 is 9.53 Å². The minimum atomic E-state index is -0.328. The number of rotatable bonds is 6. The maximum absolute atomic E-state index is 12.5. The van der Waals surface area contributed by atoms with Crippen LogP contribution >= 0.6 is 22.9 Å². The lowest BCUT2D eigenvalue weighted by Gasteiger charge is -2.07. The van der Waals surface area contributed by atoms with Gasteiger partial charge in [0.05, 0.1) is 16.5 Å². The van der Waals surface area contributed by atoms with Gasteiger partial charge in [0.25, 0.3) is 5.91 Å². The number of aryl methyl sites for hydroxylation is 1. The highest BCUT2D eigenvalue weighted by Crippen LogP contribution is 2.31. The molecule has 2 aromatic heterocycles. The molecule has 4 rings (SSSR count). The number of fused-ring (bicyclic) bond motifs is 1. The lowest BCUT2D eigenvalue weighted by molar-refractivity contribution is 0.0958. The molecule has 31 heavy (non-hydrogen) atoms. The van der Waals surface area contributed by atoms with Gasteiger partial charge in [0.1, 0.15) is 29.3 Å². The topological polar surface area (TPSA) is 102 Å². The number of nitrogens with two attached hydrogens (primary N) is 1. The fourth-order valence-electron chi connectivity index (χ4n) is 2.96. The van der Waals surface area contributed by atoms with Crippen molar-refractivity contribution in [3.63, 3.8) is 0 Å². The van der Waals surface area contributed by atoms with Crippen molar-refractivity contribution >= 4 is 51.1 Å². The van der Waals surface area contributed by atoms with Crippen molar-refractivity contribution in [1.82, 2.24) is 15.4 Å². The fourth-order valence-corrected chi connectivity index (χ4v) is 4.14. The van der Waals surface area contributed by atoms with Crippen molar-refractivity contribution in [2.45, 2.75) is 13.5 Å². The maximum Gasteiger partial charge on any atom is 0.281 e. The van der Waals surface area contributed by atoms with E-state index in [2.05, 4.69) is 20.5 Å². The summed E-state index contributed by atoms with van der Waals surface area (Å²) in [5, 5.41) is 5.45. The summed E-state index contributed by atoms with van der Waals surface area (Å²) in [6.45, 7) is 2.24. The lowest BCUT2D eigenvalue weighted by atomic mass is 10.2. The number of amides is 1. The zero-order chi connectivity index (χ0) is 21.8. The number of thiophene rings is 1. The Morgan fingerprint density at radius 1 is 1.26 bits per heavy atom. The Morgan fingerprint density at radius 2 is 2.06 bits per heavy atom. The van der Waals surface area contributed by atoms with Crippen molar-refractivity contribution in [3.8, 4) is 5.75 Å². The van der Waals surface area contributed by atoms with Gasteiger partial charge in [-0.15, -0.1) is 11.3 Å². The number of hydrazone groups is 1. The number of halogens is 1. The number of carbonyl (C=O) groups is 1. The average Bonchev–Trinajstić information content (AvgIpc) is 3.11. The number of anilines is 1. The molecule has 0 fully saturated rings. The summed E-state index contributed by atoms with van der Waals surface area (Å²) in [7, 11) is 0. The normalized spacial score (nSPS) is 11.2. The molecule has 4 aromatic rings. The maximum atomic E-state index is 12.5.